The van der Waals surface area contributed by atoms with Crippen LogP contribution in [0.15, 0.2) is 24.3 Å². The zero-order chi connectivity index (χ0) is 11.3. The Labute approximate surface area is 91.7 Å². The summed E-state index contributed by atoms with van der Waals surface area (Å²) in [4.78, 5) is 11.3. The topological polar surface area (TPSA) is 29.1 Å². The van der Waals surface area contributed by atoms with Crippen LogP contribution in [0.4, 0.5) is 5.69 Å². The fourth-order valence-corrected chi connectivity index (χ4v) is 1.76. The van der Waals surface area contributed by atoms with E-state index in [0.29, 0.717) is 12.3 Å². The van der Waals surface area contributed by atoms with E-state index in [2.05, 4.69) is 18.3 Å². The summed E-state index contributed by atoms with van der Waals surface area (Å²) >= 11 is 0. The van der Waals surface area contributed by atoms with E-state index in [9.17, 15) is 4.79 Å². The van der Waals surface area contributed by atoms with Crippen molar-refractivity contribution < 1.29 is 4.79 Å². The Bertz CT molecular complexity index is 333. The molecule has 1 aliphatic heterocycles. The van der Waals surface area contributed by atoms with Crippen LogP contribution in [0, 0.1) is 0 Å². The summed E-state index contributed by atoms with van der Waals surface area (Å²) in [6.07, 6.45) is 1.58. The zero-order valence-corrected chi connectivity index (χ0v) is 9.71. The van der Waals surface area contributed by atoms with Crippen LogP contribution in [0.5, 0.6) is 0 Å². The molecular weight excluding hydrogens is 186 g/mol. The van der Waals surface area contributed by atoms with Crippen molar-refractivity contribution in [3.63, 3.8) is 0 Å². The molecule has 0 spiro atoms. The number of rotatable bonds is 0. The molecule has 1 aromatic rings. The van der Waals surface area contributed by atoms with Gasteiger partial charge in [-0.1, -0.05) is 39.0 Å². The second-order valence-corrected chi connectivity index (χ2v) is 3.58. The monoisotopic (exact) mass is 205 g/mol. The van der Waals surface area contributed by atoms with Crippen LogP contribution in [0.3, 0.4) is 0 Å². The highest BCUT2D eigenvalue weighted by Crippen LogP contribution is 2.30. The minimum Gasteiger partial charge on any atom is -0.326 e. The van der Waals surface area contributed by atoms with E-state index in [4.69, 9.17) is 0 Å². The molecular formula is C13H19NO. The molecule has 2 heteroatoms. The number of hydrogen-bond acceptors (Lipinski definition) is 1. The van der Waals surface area contributed by atoms with Crippen LogP contribution in [0.25, 0.3) is 0 Å². The van der Waals surface area contributed by atoms with Gasteiger partial charge in [0.25, 0.3) is 0 Å². The summed E-state index contributed by atoms with van der Waals surface area (Å²) in [5, 5.41) is 2.91. The van der Waals surface area contributed by atoms with Gasteiger partial charge < -0.3 is 5.32 Å². The van der Waals surface area contributed by atoms with Gasteiger partial charge in [0.1, 0.15) is 0 Å². The molecule has 1 amide bonds. The van der Waals surface area contributed by atoms with Gasteiger partial charge in [-0.05, 0) is 24.0 Å². The molecule has 0 saturated carbocycles. The first-order chi connectivity index (χ1) is 7.27. The number of carbonyl (C=O) groups is 1. The molecule has 0 fully saturated rings. The number of anilines is 1. The van der Waals surface area contributed by atoms with Gasteiger partial charge in [0.05, 0.1) is 0 Å². The van der Waals surface area contributed by atoms with Crippen LogP contribution in [-0.4, -0.2) is 5.91 Å². The summed E-state index contributed by atoms with van der Waals surface area (Å²) in [6.45, 7) is 6.17. The second kappa shape index (κ2) is 5.54. The number of para-hydroxylation sites is 1. The predicted molar refractivity (Wildman–Crippen MR) is 64.1 cm³/mol. The first-order valence-corrected chi connectivity index (χ1v) is 5.66. The van der Waals surface area contributed by atoms with E-state index in [0.717, 1.165) is 12.1 Å². The summed E-state index contributed by atoms with van der Waals surface area (Å²) in [5.74, 6) is 0.618. The van der Waals surface area contributed by atoms with Gasteiger partial charge in [0.2, 0.25) is 5.91 Å². The molecule has 0 radical (unpaired) electrons. The van der Waals surface area contributed by atoms with Crippen molar-refractivity contribution in [2.75, 3.05) is 5.32 Å². The number of amides is 1. The highest BCUT2D eigenvalue weighted by atomic mass is 16.1. The predicted octanol–water partition coefficient (Wildman–Crippen LogP) is 3.55. The number of hydrogen-bond donors (Lipinski definition) is 1. The first kappa shape index (κ1) is 11.8. The van der Waals surface area contributed by atoms with Gasteiger partial charge in [-0.25, -0.2) is 0 Å². The maximum absolute atomic E-state index is 11.3. The van der Waals surface area contributed by atoms with Crippen molar-refractivity contribution in [2.24, 2.45) is 0 Å². The fourth-order valence-electron chi connectivity index (χ4n) is 1.76. The lowest BCUT2D eigenvalue weighted by molar-refractivity contribution is -0.116. The Kier molecular flexibility index (Phi) is 4.35. The minimum absolute atomic E-state index is 0.136. The molecule has 82 valence electrons. The van der Waals surface area contributed by atoms with Crippen molar-refractivity contribution in [3.8, 4) is 0 Å². The Morgan fingerprint density at radius 1 is 1.27 bits per heavy atom. The SMILES string of the molecule is CC.CC1CCC(=O)Nc2ccccc21. The number of benzene rings is 1. The van der Waals surface area contributed by atoms with Crippen LogP contribution in [-0.2, 0) is 4.79 Å². The van der Waals surface area contributed by atoms with E-state index in [1.807, 2.05) is 32.0 Å². The normalized spacial score (nSPS) is 19.1. The molecule has 1 unspecified atom stereocenters. The Hall–Kier alpha value is -1.31. The van der Waals surface area contributed by atoms with E-state index in [1.165, 1.54) is 5.56 Å². The maximum atomic E-state index is 11.3. The van der Waals surface area contributed by atoms with Gasteiger partial charge in [-0.2, -0.15) is 0 Å². The molecule has 2 rings (SSSR count). The standard InChI is InChI=1S/C11H13NO.C2H6/c1-8-6-7-11(13)12-10-5-3-2-4-9(8)10;1-2/h2-5,8H,6-7H2,1H3,(H,12,13);1-2H3. The van der Waals surface area contributed by atoms with Crippen LogP contribution < -0.4 is 5.32 Å². The Morgan fingerprint density at radius 2 is 1.93 bits per heavy atom. The van der Waals surface area contributed by atoms with E-state index < -0.39 is 0 Å². The molecule has 1 heterocycles. The summed E-state index contributed by atoms with van der Waals surface area (Å²) in [5.41, 5.74) is 2.24. The van der Waals surface area contributed by atoms with Gasteiger partial charge >= 0.3 is 0 Å². The summed E-state index contributed by atoms with van der Waals surface area (Å²) in [7, 11) is 0. The fraction of sp³-hybridized carbons (Fsp3) is 0.462. The van der Waals surface area contributed by atoms with E-state index in [1.54, 1.807) is 0 Å². The number of nitrogens with one attached hydrogen (secondary N) is 1. The van der Waals surface area contributed by atoms with Crippen molar-refractivity contribution in [3.05, 3.63) is 29.8 Å². The van der Waals surface area contributed by atoms with Crippen molar-refractivity contribution in [1.82, 2.24) is 0 Å². The molecule has 0 aliphatic carbocycles. The van der Waals surface area contributed by atoms with E-state index in [-0.39, 0.29) is 5.91 Å². The molecule has 0 aromatic heterocycles. The van der Waals surface area contributed by atoms with Gasteiger partial charge in [-0.15, -0.1) is 0 Å². The molecule has 1 atom stereocenters. The second-order valence-electron chi connectivity index (χ2n) is 3.58. The molecule has 15 heavy (non-hydrogen) atoms. The van der Waals surface area contributed by atoms with Crippen LogP contribution in [0.1, 0.15) is 45.1 Å². The average Bonchev–Trinajstić information content (AvgIpc) is 2.42. The molecule has 1 aromatic carbocycles. The van der Waals surface area contributed by atoms with Crippen molar-refractivity contribution in [2.45, 2.75) is 39.5 Å². The van der Waals surface area contributed by atoms with Crippen LogP contribution in [0.2, 0.25) is 0 Å². The van der Waals surface area contributed by atoms with Gasteiger partial charge in [0, 0.05) is 12.1 Å². The Morgan fingerprint density at radius 3 is 2.67 bits per heavy atom. The highest BCUT2D eigenvalue weighted by Gasteiger charge is 2.17. The number of carbonyl (C=O) groups excluding carboxylic acids is 1. The molecule has 0 saturated heterocycles. The molecule has 2 nitrogen and oxygen atoms in total. The third-order valence-electron chi connectivity index (χ3n) is 2.57. The lowest BCUT2D eigenvalue weighted by Crippen LogP contribution is -2.08. The highest BCUT2D eigenvalue weighted by molar-refractivity contribution is 5.92. The molecule has 1 aliphatic rings. The first-order valence-electron chi connectivity index (χ1n) is 5.66. The maximum Gasteiger partial charge on any atom is 0.224 e. The van der Waals surface area contributed by atoms with E-state index >= 15 is 0 Å². The van der Waals surface area contributed by atoms with Crippen LogP contribution >= 0.6 is 0 Å². The lowest BCUT2D eigenvalue weighted by atomic mass is 9.96. The smallest absolute Gasteiger partial charge is 0.224 e. The number of fused-ring (bicyclic) bond motifs is 1. The quantitative estimate of drug-likeness (QED) is 0.689. The summed E-state index contributed by atoms with van der Waals surface area (Å²) < 4.78 is 0. The largest absolute Gasteiger partial charge is 0.326 e. The molecule has 1 N–H and O–H groups in total. The third-order valence-corrected chi connectivity index (χ3v) is 2.57. The molecule has 0 bridgehead atoms. The summed E-state index contributed by atoms with van der Waals surface area (Å²) in [6, 6.07) is 8.03. The van der Waals surface area contributed by atoms with Crippen molar-refractivity contribution >= 4 is 11.6 Å². The Balaban J connectivity index is 0.000000531. The third kappa shape index (κ3) is 2.82. The minimum atomic E-state index is 0.136. The zero-order valence-electron chi connectivity index (χ0n) is 9.71. The van der Waals surface area contributed by atoms with Gasteiger partial charge in [0.15, 0.2) is 0 Å². The van der Waals surface area contributed by atoms with Gasteiger partial charge in [-0.3, -0.25) is 4.79 Å². The van der Waals surface area contributed by atoms with Crippen molar-refractivity contribution in [1.29, 1.82) is 0 Å². The average molecular weight is 205 g/mol. The lowest BCUT2D eigenvalue weighted by Gasteiger charge is -2.10.